The Labute approximate surface area is 112 Å². The maximum absolute atomic E-state index is 12.0. The molecule has 0 spiro atoms. The Morgan fingerprint density at radius 2 is 2.00 bits per heavy atom. The fourth-order valence-corrected chi connectivity index (χ4v) is 1.48. The Kier molecular flexibility index (Phi) is 5.60. The minimum absolute atomic E-state index is 0.295. The molecular weight excluding hydrogens is 246 g/mol. The van der Waals surface area contributed by atoms with Crippen molar-refractivity contribution in [3.05, 3.63) is 41.6 Å². The van der Waals surface area contributed by atoms with Gasteiger partial charge >= 0.3 is 5.97 Å². The maximum Gasteiger partial charge on any atom is 0.332 e. The summed E-state index contributed by atoms with van der Waals surface area (Å²) in [6, 6.07) is 6.85. The summed E-state index contributed by atoms with van der Waals surface area (Å²) >= 11 is 0. The Balaban J connectivity index is 2.77. The molecular formula is C14H17NO4. The first-order chi connectivity index (χ1) is 9.08. The van der Waals surface area contributed by atoms with Crippen molar-refractivity contribution in [1.82, 2.24) is 5.32 Å². The number of para-hydroxylation sites is 1. The Morgan fingerprint density at radius 3 is 2.63 bits per heavy atom. The molecule has 0 bridgehead atoms. The van der Waals surface area contributed by atoms with Gasteiger partial charge in [-0.05, 0) is 26.0 Å². The lowest BCUT2D eigenvalue weighted by molar-refractivity contribution is -0.137. The molecule has 0 aliphatic heterocycles. The van der Waals surface area contributed by atoms with Crippen molar-refractivity contribution < 1.29 is 19.1 Å². The number of esters is 1. The van der Waals surface area contributed by atoms with Gasteiger partial charge in [0.2, 0.25) is 0 Å². The number of carbonyl (C=O) groups is 2. The van der Waals surface area contributed by atoms with Crippen molar-refractivity contribution in [3.63, 3.8) is 0 Å². The van der Waals surface area contributed by atoms with Crippen molar-refractivity contribution >= 4 is 11.9 Å². The molecule has 5 nitrogen and oxygen atoms in total. The summed E-state index contributed by atoms with van der Waals surface area (Å²) in [5, 5.41) is 2.60. The lowest BCUT2D eigenvalue weighted by Crippen LogP contribution is -2.22. The van der Waals surface area contributed by atoms with Gasteiger partial charge in [-0.1, -0.05) is 12.1 Å². The Bertz CT molecular complexity index is 494. The molecule has 0 saturated heterocycles. The highest BCUT2D eigenvalue weighted by Gasteiger charge is 2.11. The smallest absolute Gasteiger partial charge is 0.332 e. The van der Waals surface area contributed by atoms with E-state index < -0.39 is 5.97 Å². The third kappa shape index (κ3) is 4.46. The van der Waals surface area contributed by atoms with Gasteiger partial charge in [0, 0.05) is 11.8 Å². The normalized spacial score (nSPS) is 10.8. The van der Waals surface area contributed by atoms with Crippen LogP contribution >= 0.6 is 0 Å². The average molecular weight is 263 g/mol. The molecule has 0 heterocycles. The van der Waals surface area contributed by atoms with Gasteiger partial charge in [-0.2, -0.15) is 0 Å². The summed E-state index contributed by atoms with van der Waals surface area (Å²) in [7, 11) is 1.49. The highest BCUT2D eigenvalue weighted by atomic mass is 16.5. The number of allylic oxidation sites excluding steroid dienone is 1. The molecule has 0 fully saturated rings. The molecule has 19 heavy (non-hydrogen) atoms. The van der Waals surface area contributed by atoms with Crippen molar-refractivity contribution in [2.24, 2.45) is 0 Å². The molecule has 1 aromatic carbocycles. The van der Waals surface area contributed by atoms with E-state index in [2.05, 4.69) is 5.32 Å². The standard InChI is InChI=1S/C14H17NO4/c1-4-19-13(16)9-10(2)15-14(17)11-7-5-6-8-12(11)18-3/h5-9H,4H2,1-3H3,(H,15,17)/b10-9-. The van der Waals surface area contributed by atoms with Crippen LogP contribution in [0, 0.1) is 0 Å². The van der Waals surface area contributed by atoms with Gasteiger partial charge in [0.15, 0.2) is 0 Å². The van der Waals surface area contributed by atoms with E-state index in [1.54, 1.807) is 38.1 Å². The summed E-state index contributed by atoms with van der Waals surface area (Å²) < 4.78 is 9.85. The lowest BCUT2D eigenvalue weighted by Gasteiger charge is -2.09. The number of methoxy groups -OCH3 is 1. The third-order valence-corrected chi connectivity index (χ3v) is 2.28. The lowest BCUT2D eigenvalue weighted by atomic mass is 10.2. The molecule has 1 amide bonds. The van der Waals surface area contributed by atoms with Crippen LogP contribution in [0.25, 0.3) is 0 Å². The molecule has 1 aromatic rings. The topological polar surface area (TPSA) is 64.6 Å². The van der Waals surface area contributed by atoms with Crippen LogP contribution in [-0.4, -0.2) is 25.6 Å². The van der Waals surface area contributed by atoms with E-state index >= 15 is 0 Å². The number of rotatable bonds is 5. The van der Waals surface area contributed by atoms with E-state index in [1.165, 1.54) is 13.2 Å². The van der Waals surface area contributed by atoms with Crippen LogP contribution in [0.1, 0.15) is 24.2 Å². The van der Waals surface area contributed by atoms with Crippen LogP contribution in [0.15, 0.2) is 36.0 Å². The second-order valence-electron chi connectivity index (χ2n) is 3.73. The van der Waals surface area contributed by atoms with Crippen LogP contribution in [0.3, 0.4) is 0 Å². The van der Waals surface area contributed by atoms with Crippen molar-refractivity contribution in [1.29, 1.82) is 0 Å². The molecule has 0 atom stereocenters. The van der Waals surface area contributed by atoms with Crippen LogP contribution in [0.2, 0.25) is 0 Å². The van der Waals surface area contributed by atoms with Crippen molar-refractivity contribution in [2.45, 2.75) is 13.8 Å². The number of benzene rings is 1. The molecule has 0 aliphatic rings. The average Bonchev–Trinajstić information content (AvgIpc) is 2.38. The zero-order valence-corrected chi connectivity index (χ0v) is 11.2. The summed E-state index contributed by atoms with van der Waals surface area (Å²) in [5.41, 5.74) is 0.816. The highest BCUT2D eigenvalue weighted by molar-refractivity contribution is 5.98. The molecule has 102 valence electrons. The Morgan fingerprint density at radius 1 is 1.32 bits per heavy atom. The van der Waals surface area contributed by atoms with E-state index in [-0.39, 0.29) is 5.91 Å². The molecule has 1 rings (SSSR count). The molecule has 0 aromatic heterocycles. The zero-order chi connectivity index (χ0) is 14.3. The van der Waals surface area contributed by atoms with Gasteiger partial charge < -0.3 is 14.8 Å². The third-order valence-electron chi connectivity index (χ3n) is 2.28. The van der Waals surface area contributed by atoms with Gasteiger partial charge in [0.25, 0.3) is 5.91 Å². The zero-order valence-electron chi connectivity index (χ0n) is 11.2. The minimum atomic E-state index is -0.486. The SMILES string of the molecule is CCOC(=O)/C=C(/C)NC(=O)c1ccccc1OC. The van der Waals surface area contributed by atoms with Gasteiger partial charge in [0.1, 0.15) is 5.75 Å². The quantitative estimate of drug-likeness (QED) is 0.651. The largest absolute Gasteiger partial charge is 0.496 e. The summed E-state index contributed by atoms with van der Waals surface area (Å²) in [6.45, 7) is 3.63. The fraction of sp³-hybridized carbons (Fsp3) is 0.286. The minimum Gasteiger partial charge on any atom is -0.496 e. The predicted octanol–water partition coefficient (Wildman–Crippen LogP) is 1.89. The first-order valence-electron chi connectivity index (χ1n) is 5.88. The first kappa shape index (κ1) is 14.8. The monoisotopic (exact) mass is 263 g/mol. The second kappa shape index (κ2) is 7.20. The maximum atomic E-state index is 12.0. The first-order valence-corrected chi connectivity index (χ1v) is 5.88. The fourth-order valence-electron chi connectivity index (χ4n) is 1.48. The number of ether oxygens (including phenoxy) is 2. The van der Waals surface area contributed by atoms with Gasteiger partial charge in [0.05, 0.1) is 19.3 Å². The highest BCUT2D eigenvalue weighted by Crippen LogP contribution is 2.17. The van der Waals surface area contributed by atoms with Crippen LogP contribution in [-0.2, 0) is 9.53 Å². The number of carbonyl (C=O) groups excluding carboxylic acids is 2. The van der Waals surface area contributed by atoms with Crippen molar-refractivity contribution in [2.75, 3.05) is 13.7 Å². The van der Waals surface area contributed by atoms with Crippen LogP contribution < -0.4 is 10.1 Å². The summed E-state index contributed by atoms with van der Waals surface area (Å²) in [6.07, 6.45) is 1.23. The summed E-state index contributed by atoms with van der Waals surface area (Å²) in [4.78, 5) is 23.2. The molecule has 0 saturated carbocycles. The molecule has 0 unspecified atom stereocenters. The number of hydrogen-bond donors (Lipinski definition) is 1. The van der Waals surface area contributed by atoms with Gasteiger partial charge in [-0.3, -0.25) is 4.79 Å². The van der Waals surface area contributed by atoms with E-state index in [9.17, 15) is 9.59 Å². The molecule has 1 N–H and O–H groups in total. The van der Waals surface area contributed by atoms with E-state index in [0.29, 0.717) is 23.6 Å². The number of nitrogens with one attached hydrogen (secondary N) is 1. The summed E-state index contributed by atoms with van der Waals surface area (Å²) in [5.74, 6) is -0.347. The van der Waals surface area contributed by atoms with E-state index in [0.717, 1.165) is 0 Å². The number of hydrogen-bond acceptors (Lipinski definition) is 4. The van der Waals surface area contributed by atoms with Crippen LogP contribution in [0.5, 0.6) is 5.75 Å². The predicted molar refractivity (Wildman–Crippen MR) is 70.9 cm³/mol. The number of amides is 1. The van der Waals surface area contributed by atoms with E-state index in [4.69, 9.17) is 9.47 Å². The van der Waals surface area contributed by atoms with E-state index in [1.807, 2.05) is 0 Å². The van der Waals surface area contributed by atoms with Gasteiger partial charge in [-0.25, -0.2) is 4.79 Å². The Hall–Kier alpha value is -2.30. The van der Waals surface area contributed by atoms with Crippen LogP contribution in [0.4, 0.5) is 0 Å². The molecule has 0 radical (unpaired) electrons. The van der Waals surface area contributed by atoms with Crippen molar-refractivity contribution in [3.8, 4) is 5.75 Å². The van der Waals surface area contributed by atoms with Gasteiger partial charge in [-0.15, -0.1) is 0 Å². The second-order valence-corrected chi connectivity index (χ2v) is 3.73. The molecule has 0 aliphatic carbocycles. The molecule has 5 heteroatoms.